The molecule has 2 aliphatic heterocycles. The first-order valence-corrected chi connectivity index (χ1v) is 14.9. The van der Waals surface area contributed by atoms with Gasteiger partial charge in [-0.15, -0.1) is 5.10 Å². The zero-order valence-corrected chi connectivity index (χ0v) is 24.5. The predicted octanol–water partition coefficient (Wildman–Crippen LogP) is 4.62. The summed E-state index contributed by atoms with van der Waals surface area (Å²) in [6.45, 7) is 13.2. The van der Waals surface area contributed by atoms with Crippen molar-refractivity contribution >= 4 is 17.4 Å². The summed E-state index contributed by atoms with van der Waals surface area (Å²) in [5, 5.41) is 4.47. The molecular weight excluding hydrogens is 504 g/mol. The quantitative estimate of drug-likeness (QED) is 0.462. The Bertz CT molecular complexity index is 1360. The molecule has 9 nitrogen and oxygen atoms in total. The predicted molar refractivity (Wildman–Crippen MR) is 154 cm³/mol. The minimum Gasteiger partial charge on any atom is -0.485 e. The summed E-state index contributed by atoms with van der Waals surface area (Å²) in [7, 11) is 0. The van der Waals surface area contributed by atoms with Crippen molar-refractivity contribution in [2.75, 3.05) is 31.1 Å². The van der Waals surface area contributed by atoms with Gasteiger partial charge in [0.25, 0.3) is 5.78 Å². The van der Waals surface area contributed by atoms with Crippen LogP contribution in [0.4, 0.5) is 5.69 Å². The van der Waals surface area contributed by atoms with Crippen molar-refractivity contribution in [2.45, 2.75) is 90.9 Å². The normalized spacial score (nSPS) is 27.4. The number of carbonyl (C=O) groups is 1. The van der Waals surface area contributed by atoms with E-state index >= 15 is 0 Å². The number of anilines is 1. The van der Waals surface area contributed by atoms with E-state index in [0.717, 1.165) is 68.9 Å². The standard InChI is InChI=1S/C31H42N6O3/c1-19-18-39-20(2)16-36(19)30(38)26-8-6-24(7-9-26)25-10-12-27(13-11-25)35-15-14-28(17-35)40-29-21(3)32-31-33-23(5)34-37(31)22(29)4/h10-13,19-20,24,26,28H,6-9,14-18H2,1-5H3/t19-,20+,24-,26-,28+/m0/s1. The van der Waals surface area contributed by atoms with Crippen molar-refractivity contribution in [3.05, 3.63) is 47.0 Å². The zero-order valence-electron chi connectivity index (χ0n) is 24.5. The molecule has 3 aliphatic rings. The van der Waals surface area contributed by atoms with Gasteiger partial charge in [0.1, 0.15) is 11.9 Å². The molecule has 3 aromatic rings. The fraction of sp³-hybridized carbons (Fsp3) is 0.613. The molecule has 9 heteroatoms. The first-order chi connectivity index (χ1) is 19.3. The lowest BCUT2D eigenvalue weighted by atomic mass is 9.78. The number of ether oxygens (including phenoxy) is 2. The molecule has 0 N–H and O–H groups in total. The Balaban J connectivity index is 1.04. The third-order valence-electron chi connectivity index (χ3n) is 9.07. The van der Waals surface area contributed by atoms with Gasteiger partial charge in [-0.2, -0.15) is 9.50 Å². The molecule has 2 aromatic heterocycles. The van der Waals surface area contributed by atoms with Gasteiger partial charge in [0.05, 0.1) is 36.7 Å². The average molecular weight is 547 g/mol. The third-order valence-corrected chi connectivity index (χ3v) is 9.07. The summed E-state index contributed by atoms with van der Waals surface area (Å²) in [6.07, 6.45) is 5.30. The lowest BCUT2D eigenvalue weighted by molar-refractivity contribution is -0.148. The topological polar surface area (TPSA) is 85.1 Å². The van der Waals surface area contributed by atoms with Gasteiger partial charge < -0.3 is 19.3 Å². The van der Waals surface area contributed by atoms with E-state index in [2.05, 4.69) is 63.0 Å². The SMILES string of the molecule is Cc1nc2nc(C)c(O[C@@H]3CCN(c4ccc([C@H]5CC[C@H](C(=O)N6C[C@@H](C)OC[C@@H]6C)CC5)cc4)C3)c(C)n2n1. The Morgan fingerprint density at radius 1 is 0.975 bits per heavy atom. The second kappa shape index (κ2) is 11.0. The number of rotatable bonds is 5. The van der Waals surface area contributed by atoms with Crippen LogP contribution in [0.3, 0.4) is 0 Å². The molecule has 2 saturated heterocycles. The highest BCUT2D eigenvalue weighted by Crippen LogP contribution is 2.38. The van der Waals surface area contributed by atoms with Crippen molar-refractivity contribution in [2.24, 2.45) is 5.92 Å². The van der Waals surface area contributed by atoms with E-state index in [1.165, 1.54) is 11.3 Å². The molecule has 0 unspecified atom stereocenters. The van der Waals surface area contributed by atoms with E-state index < -0.39 is 0 Å². The third kappa shape index (κ3) is 5.28. The molecule has 1 amide bonds. The van der Waals surface area contributed by atoms with Gasteiger partial charge in [-0.25, -0.2) is 4.98 Å². The van der Waals surface area contributed by atoms with E-state index in [4.69, 9.17) is 9.47 Å². The van der Waals surface area contributed by atoms with Crippen molar-refractivity contribution in [1.82, 2.24) is 24.5 Å². The highest BCUT2D eigenvalue weighted by molar-refractivity contribution is 5.79. The first kappa shape index (κ1) is 27.0. The van der Waals surface area contributed by atoms with Crippen LogP contribution in [0, 0.1) is 26.7 Å². The van der Waals surface area contributed by atoms with Crippen molar-refractivity contribution in [3.8, 4) is 5.75 Å². The zero-order chi connectivity index (χ0) is 28.0. The number of carbonyl (C=O) groups excluding carboxylic acids is 1. The van der Waals surface area contributed by atoms with E-state index in [0.29, 0.717) is 30.0 Å². The lowest BCUT2D eigenvalue weighted by Gasteiger charge is -2.40. The fourth-order valence-electron chi connectivity index (χ4n) is 6.73. The molecule has 0 radical (unpaired) electrons. The van der Waals surface area contributed by atoms with Crippen LogP contribution in [0.5, 0.6) is 5.75 Å². The van der Waals surface area contributed by atoms with Crippen LogP contribution in [0.1, 0.15) is 74.6 Å². The van der Waals surface area contributed by atoms with Gasteiger partial charge in [0, 0.05) is 31.1 Å². The molecule has 3 atom stereocenters. The minimum absolute atomic E-state index is 0.103. The molecule has 0 spiro atoms. The number of nitrogens with zero attached hydrogens (tertiary/aromatic N) is 6. The van der Waals surface area contributed by atoms with E-state index in [9.17, 15) is 4.79 Å². The van der Waals surface area contributed by atoms with Gasteiger partial charge in [0.15, 0.2) is 5.75 Å². The van der Waals surface area contributed by atoms with Crippen molar-refractivity contribution < 1.29 is 14.3 Å². The molecule has 3 fully saturated rings. The summed E-state index contributed by atoms with van der Waals surface area (Å²) in [5.74, 6) is 3.16. The summed E-state index contributed by atoms with van der Waals surface area (Å²) in [6, 6.07) is 9.28. The van der Waals surface area contributed by atoms with Crippen LogP contribution in [0.2, 0.25) is 0 Å². The monoisotopic (exact) mass is 546 g/mol. The second-order valence-corrected chi connectivity index (χ2v) is 12.1. The fourth-order valence-corrected chi connectivity index (χ4v) is 6.73. The molecule has 1 aliphatic carbocycles. The first-order valence-electron chi connectivity index (χ1n) is 14.9. The van der Waals surface area contributed by atoms with Gasteiger partial charge in [0.2, 0.25) is 5.91 Å². The van der Waals surface area contributed by atoms with Crippen LogP contribution in [0.25, 0.3) is 5.78 Å². The lowest BCUT2D eigenvalue weighted by Crippen LogP contribution is -2.52. The summed E-state index contributed by atoms with van der Waals surface area (Å²) in [4.78, 5) is 26.7. The van der Waals surface area contributed by atoms with Crippen LogP contribution < -0.4 is 9.64 Å². The number of hydrogen-bond donors (Lipinski definition) is 0. The van der Waals surface area contributed by atoms with Crippen LogP contribution >= 0.6 is 0 Å². The van der Waals surface area contributed by atoms with E-state index in [1.807, 2.05) is 20.8 Å². The smallest absolute Gasteiger partial charge is 0.253 e. The van der Waals surface area contributed by atoms with E-state index in [-0.39, 0.29) is 24.2 Å². The van der Waals surface area contributed by atoms with Gasteiger partial charge in [-0.3, -0.25) is 4.79 Å². The average Bonchev–Trinajstić information content (AvgIpc) is 3.58. The van der Waals surface area contributed by atoms with Crippen LogP contribution in [-0.2, 0) is 9.53 Å². The number of benzene rings is 1. The van der Waals surface area contributed by atoms with Crippen molar-refractivity contribution in [3.63, 3.8) is 0 Å². The Kier molecular flexibility index (Phi) is 7.42. The van der Waals surface area contributed by atoms with Crippen LogP contribution in [0.15, 0.2) is 24.3 Å². The van der Waals surface area contributed by atoms with Crippen LogP contribution in [-0.4, -0.2) is 74.9 Å². The second-order valence-electron chi connectivity index (χ2n) is 12.1. The highest BCUT2D eigenvalue weighted by Gasteiger charge is 2.35. The highest BCUT2D eigenvalue weighted by atomic mass is 16.5. The molecule has 214 valence electrons. The molecule has 40 heavy (non-hydrogen) atoms. The maximum absolute atomic E-state index is 13.2. The Morgan fingerprint density at radius 3 is 2.48 bits per heavy atom. The Labute approximate surface area is 236 Å². The maximum Gasteiger partial charge on any atom is 0.253 e. The molecule has 6 rings (SSSR count). The number of aryl methyl sites for hydroxylation is 3. The molecular formula is C31H42N6O3. The van der Waals surface area contributed by atoms with Gasteiger partial charge in [-0.05, 0) is 83.9 Å². The minimum atomic E-state index is 0.103. The largest absolute Gasteiger partial charge is 0.485 e. The van der Waals surface area contributed by atoms with Gasteiger partial charge in [-0.1, -0.05) is 12.1 Å². The number of morpholine rings is 1. The number of fused-ring (bicyclic) bond motifs is 1. The molecule has 1 saturated carbocycles. The number of aromatic nitrogens is 4. The van der Waals surface area contributed by atoms with Crippen molar-refractivity contribution in [1.29, 1.82) is 0 Å². The number of hydrogen-bond acceptors (Lipinski definition) is 7. The maximum atomic E-state index is 13.2. The Morgan fingerprint density at radius 2 is 1.73 bits per heavy atom. The molecule has 4 heterocycles. The summed E-state index contributed by atoms with van der Waals surface area (Å²) >= 11 is 0. The number of amides is 1. The summed E-state index contributed by atoms with van der Waals surface area (Å²) < 4.78 is 14.0. The van der Waals surface area contributed by atoms with E-state index in [1.54, 1.807) is 4.52 Å². The molecule has 0 bridgehead atoms. The Hall–Kier alpha value is -3.20. The van der Waals surface area contributed by atoms with Gasteiger partial charge >= 0.3 is 0 Å². The molecule has 1 aromatic carbocycles. The summed E-state index contributed by atoms with van der Waals surface area (Å²) in [5.41, 5.74) is 4.42.